The summed E-state index contributed by atoms with van der Waals surface area (Å²) in [7, 11) is 0. The van der Waals surface area contributed by atoms with Gasteiger partial charge in [0.05, 0.1) is 19.3 Å². The van der Waals surface area contributed by atoms with Gasteiger partial charge < -0.3 is 9.84 Å². The summed E-state index contributed by atoms with van der Waals surface area (Å²) in [6.07, 6.45) is -0.558. The van der Waals surface area contributed by atoms with Crippen LogP contribution in [0.15, 0.2) is 65.8 Å². The lowest BCUT2D eigenvalue weighted by molar-refractivity contribution is 0.0398. The van der Waals surface area contributed by atoms with Crippen LogP contribution in [0.1, 0.15) is 5.56 Å². The highest BCUT2D eigenvalue weighted by atomic mass is 32.2. The van der Waals surface area contributed by atoms with Gasteiger partial charge in [-0.25, -0.2) is 4.98 Å². The largest absolute Gasteiger partial charge is 0.390 e. The minimum atomic E-state index is -0.558. The van der Waals surface area contributed by atoms with Crippen molar-refractivity contribution < 1.29 is 9.84 Å². The molecule has 0 saturated heterocycles. The average molecular weight is 341 g/mol. The molecule has 5 nitrogen and oxygen atoms in total. The molecule has 0 spiro atoms. The van der Waals surface area contributed by atoms with Crippen LogP contribution in [0.4, 0.5) is 0 Å². The monoisotopic (exact) mass is 341 g/mol. The van der Waals surface area contributed by atoms with Crippen molar-refractivity contribution in [2.24, 2.45) is 0 Å². The summed E-state index contributed by atoms with van der Waals surface area (Å²) in [4.78, 5) is 4.42. The van der Waals surface area contributed by atoms with E-state index in [0.717, 1.165) is 17.0 Å². The highest BCUT2D eigenvalue weighted by molar-refractivity contribution is 7.99. The first-order chi connectivity index (χ1) is 11.8. The van der Waals surface area contributed by atoms with E-state index in [0.29, 0.717) is 17.5 Å². The third-order valence-electron chi connectivity index (χ3n) is 3.34. The molecule has 1 heterocycles. The Morgan fingerprint density at radius 1 is 1.04 bits per heavy atom. The standard InChI is InChI=1S/C18H19N3O2S/c22-16(12-23-11-14-7-3-1-4-8-14)13-24-18-19-17(20-21-18)15-9-5-2-6-10-15/h1-10,16,22H,11-13H2,(H,19,20,21)/t16-/m0/s1. The maximum atomic E-state index is 10.0. The van der Waals surface area contributed by atoms with Gasteiger partial charge in [-0.3, -0.25) is 5.10 Å². The quantitative estimate of drug-likeness (QED) is 0.616. The van der Waals surface area contributed by atoms with E-state index in [1.807, 2.05) is 60.7 Å². The van der Waals surface area contributed by atoms with Crippen molar-refractivity contribution in [3.63, 3.8) is 0 Å². The molecule has 124 valence electrons. The number of aromatic amines is 1. The Morgan fingerprint density at radius 2 is 1.75 bits per heavy atom. The molecule has 2 N–H and O–H groups in total. The van der Waals surface area contributed by atoms with Gasteiger partial charge in [0.1, 0.15) is 0 Å². The molecule has 3 aromatic rings. The lowest BCUT2D eigenvalue weighted by Gasteiger charge is -2.09. The molecular weight excluding hydrogens is 322 g/mol. The molecule has 6 heteroatoms. The van der Waals surface area contributed by atoms with Crippen LogP contribution >= 0.6 is 11.8 Å². The number of aliphatic hydroxyl groups excluding tert-OH is 1. The maximum absolute atomic E-state index is 10.0. The van der Waals surface area contributed by atoms with E-state index in [1.165, 1.54) is 11.8 Å². The zero-order valence-corrected chi connectivity index (χ0v) is 13.9. The van der Waals surface area contributed by atoms with Crippen molar-refractivity contribution in [2.75, 3.05) is 12.4 Å². The van der Waals surface area contributed by atoms with E-state index < -0.39 is 6.10 Å². The molecule has 0 bridgehead atoms. The predicted molar refractivity (Wildman–Crippen MR) is 94.6 cm³/mol. The van der Waals surface area contributed by atoms with E-state index in [4.69, 9.17) is 4.74 Å². The fraction of sp³-hybridized carbons (Fsp3) is 0.222. The third kappa shape index (κ3) is 4.92. The van der Waals surface area contributed by atoms with Crippen LogP contribution in [0.5, 0.6) is 0 Å². The Balaban J connectivity index is 1.42. The van der Waals surface area contributed by atoms with Gasteiger partial charge in [-0.05, 0) is 5.56 Å². The molecule has 24 heavy (non-hydrogen) atoms. The van der Waals surface area contributed by atoms with Crippen molar-refractivity contribution in [1.82, 2.24) is 15.2 Å². The van der Waals surface area contributed by atoms with Gasteiger partial charge in [0.15, 0.2) is 5.82 Å². The van der Waals surface area contributed by atoms with Crippen LogP contribution in [-0.4, -0.2) is 38.8 Å². The fourth-order valence-electron chi connectivity index (χ4n) is 2.14. The first-order valence-electron chi connectivity index (χ1n) is 7.71. The lowest BCUT2D eigenvalue weighted by Crippen LogP contribution is -2.18. The number of nitrogens with zero attached hydrogens (tertiary/aromatic N) is 2. The molecular formula is C18H19N3O2S. The number of thioether (sulfide) groups is 1. The van der Waals surface area contributed by atoms with Crippen molar-refractivity contribution in [3.05, 3.63) is 66.2 Å². The van der Waals surface area contributed by atoms with Gasteiger partial charge in [0.2, 0.25) is 5.16 Å². The van der Waals surface area contributed by atoms with Crippen LogP contribution < -0.4 is 0 Å². The third-order valence-corrected chi connectivity index (χ3v) is 4.33. The van der Waals surface area contributed by atoms with Gasteiger partial charge in [-0.2, -0.15) is 0 Å². The van der Waals surface area contributed by atoms with Crippen molar-refractivity contribution >= 4 is 11.8 Å². The number of rotatable bonds is 8. The van der Waals surface area contributed by atoms with Crippen molar-refractivity contribution in [3.8, 4) is 11.4 Å². The first kappa shape index (κ1) is 16.7. The lowest BCUT2D eigenvalue weighted by atomic mass is 10.2. The molecule has 2 aromatic carbocycles. The number of aliphatic hydroxyl groups is 1. The molecule has 0 aliphatic carbocycles. The molecule has 1 atom stereocenters. The van der Waals surface area contributed by atoms with Crippen LogP contribution in [0.25, 0.3) is 11.4 Å². The van der Waals surface area contributed by atoms with Gasteiger partial charge in [-0.15, -0.1) is 5.10 Å². The summed E-state index contributed by atoms with van der Waals surface area (Å²) < 4.78 is 5.53. The summed E-state index contributed by atoms with van der Waals surface area (Å²) in [6.45, 7) is 0.791. The number of benzene rings is 2. The number of nitrogens with one attached hydrogen (secondary N) is 1. The Bertz CT molecular complexity index is 734. The molecule has 0 amide bonds. The van der Waals surface area contributed by atoms with Crippen LogP contribution in [0.2, 0.25) is 0 Å². The summed E-state index contributed by atoms with van der Waals surface area (Å²) in [5, 5.41) is 17.7. The molecule has 0 radical (unpaired) electrons. The first-order valence-corrected chi connectivity index (χ1v) is 8.70. The van der Waals surface area contributed by atoms with E-state index in [2.05, 4.69) is 15.2 Å². The van der Waals surface area contributed by atoms with Crippen molar-refractivity contribution in [1.29, 1.82) is 0 Å². The van der Waals surface area contributed by atoms with E-state index in [9.17, 15) is 5.11 Å². The maximum Gasteiger partial charge on any atom is 0.208 e. The highest BCUT2D eigenvalue weighted by Crippen LogP contribution is 2.19. The number of aromatic nitrogens is 3. The highest BCUT2D eigenvalue weighted by Gasteiger charge is 2.10. The average Bonchev–Trinajstić information content (AvgIpc) is 3.11. The molecule has 1 aromatic heterocycles. The normalized spacial score (nSPS) is 12.2. The summed E-state index contributed by atoms with van der Waals surface area (Å²) in [5.41, 5.74) is 2.09. The number of H-pyrrole nitrogens is 1. The summed E-state index contributed by atoms with van der Waals surface area (Å²) >= 11 is 1.41. The van der Waals surface area contributed by atoms with Gasteiger partial charge in [0, 0.05) is 11.3 Å². The fourth-order valence-corrected chi connectivity index (χ4v) is 2.85. The second-order valence-corrected chi connectivity index (χ2v) is 6.29. The van der Waals surface area contributed by atoms with Gasteiger partial charge in [-0.1, -0.05) is 72.4 Å². The SMILES string of the molecule is O[C@@H](COCc1ccccc1)CSc1n[nH]c(-c2ccccc2)n1. The second-order valence-electron chi connectivity index (χ2n) is 5.30. The molecule has 0 unspecified atom stereocenters. The molecule has 0 saturated carbocycles. The van der Waals surface area contributed by atoms with Gasteiger partial charge >= 0.3 is 0 Å². The molecule has 3 rings (SSSR count). The second kappa shape index (κ2) is 8.63. The number of hydrogen-bond donors (Lipinski definition) is 2. The zero-order chi connectivity index (χ0) is 16.6. The van der Waals surface area contributed by atoms with Crippen LogP contribution in [-0.2, 0) is 11.3 Å². The number of ether oxygens (including phenoxy) is 1. The van der Waals surface area contributed by atoms with E-state index >= 15 is 0 Å². The number of hydrogen-bond acceptors (Lipinski definition) is 5. The Labute approximate surface area is 145 Å². The predicted octanol–water partition coefficient (Wildman–Crippen LogP) is 3.14. The van der Waals surface area contributed by atoms with Crippen molar-refractivity contribution in [2.45, 2.75) is 17.9 Å². The van der Waals surface area contributed by atoms with E-state index in [1.54, 1.807) is 0 Å². The Morgan fingerprint density at radius 3 is 2.50 bits per heavy atom. The Hall–Kier alpha value is -2.15. The molecule has 0 aliphatic rings. The summed E-state index contributed by atoms with van der Waals surface area (Å²) in [6, 6.07) is 19.7. The molecule has 0 aliphatic heterocycles. The minimum Gasteiger partial charge on any atom is -0.390 e. The molecule has 0 fully saturated rings. The zero-order valence-electron chi connectivity index (χ0n) is 13.1. The smallest absolute Gasteiger partial charge is 0.208 e. The minimum absolute atomic E-state index is 0.290. The topological polar surface area (TPSA) is 71.0 Å². The van der Waals surface area contributed by atoms with Crippen LogP contribution in [0, 0.1) is 0 Å². The Kier molecular flexibility index (Phi) is 6.01. The van der Waals surface area contributed by atoms with Crippen LogP contribution in [0.3, 0.4) is 0 Å². The summed E-state index contributed by atoms with van der Waals surface area (Å²) in [5.74, 6) is 1.22. The van der Waals surface area contributed by atoms with E-state index in [-0.39, 0.29) is 6.61 Å². The van der Waals surface area contributed by atoms with Gasteiger partial charge in [0.25, 0.3) is 0 Å².